The van der Waals surface area contributed by atoms with E-state index in [2.05, 4.69) is 70.9 Å². The molecule has 3 rings (SSSR count). The van der Waals surface area contributed by atoms with E-state index in [0.717, 1.165) is 12.4 Å². The van der Waals surface area contributed by atoms with E-state index in [-0.39, 0.29) is 6.04 Å². The van der Waals surface area contributed by atoms with Crippen LogP contribution in [0, 0.1) is 0 Å². The smallest absolute Gasteiger partial charge is 0.120 e. The predicted octanol–water partition coefficient (Wildman–Crippen LogP) is 4.47. The van der Waals surface area contributed by atoms with Crippen LogP contribution in [0.2, 0.25) is 0 Å². The second-order valence-electron chi connectivity index (χ2n) is 5.69. The summed E-state index contributed by atoms with van der Waals surface area (Å²) in [5.74, 6) is 1.52. The third kappa shape index (κ3) is 3.46. The first-order chi connectivity index (χ1) is 10.7. The Hall–Kier alpha value is -1.91. The SMILES string of the molecule is CC(C)c1ccc(C(NCc2ncc[nH]2)c2cccs2)cc1. The molecule has 0 bridgehead atoms. The van der Waals surface area contributed by atoms with Crippen molar-refractivity contribution in [2.75, 3.05) is 0 Å². The normalized spacial score (nSPS) is 12.7. The van der Waals surface area contributed by atoms with Gasteiger partial charge in [0.15, 0.2) is 0 Å². The molecular weight excluding hydrogens is 290 g/mol. The highest BCUT2D eigenvalue weighted by Gasteiger charge is 2.15. The summed E-state index contributed by atoms with van der Waals surface area (Å²) >= 11 is 1.78. The predicted molar refractivity (Wildman–Crippen MR) is 92.1 cm³/mol. The first-order valence-corrected chi connectivity index (χ1v) is 8.47. The van der Waals surface area contributed by atoms with Gasteiger partial charge in [0.05, 0.1) is 12.6 Å². The number of hydrogen-bond acceptors (Lipinski definition) is 3. The topological polar surface area (TPSA) is 40.7 Å². The monoisotopic (exact) mass is 311 g/mol. The first kappa shape index (κ1) is 15.0. The van der Waals surface area contributed by atoms with Crippen LogP contribution in [0.3, 0.4) is 0 Å². The van der Waals surface area contributed by atoms with E-state index >= 15 is 0 Å². The van der Waals surface area contributed by atoms with Crippen LogP contribution >= 0.6 is 11.3 Å². The summed E-state index contributed by atoms with van der Waals surface area (Å²) in [7, 11) is 0. The fraction of sp³-hybridized carbons (Fsp3) is 0.278. The van der Waals surface area contributed by atoms with Crippen molar-refractivity contribution in [2.45, 2.75) is 32.4 Å². The maximum atomic E-state index is 4.29. The summed E-state index contributed by atoms with van der Waals surface area (Å²) in [5, 5.41) is 5.73. The summed E-state index contributed by atoms with van der Waals surface area (Å²) in [4.78, 5) is 8.75. The fourth-order valence-electron chi connectivity index (χ4n) is 2.50. The zero-order valence-corrected chi connectivity index (χ0v) is 13.7. The van der Waals surface area contributed by atoms with Crippen molar-refractivity contribution in [1.82, 2.24) is 15.3 Å². The first-order valence-electron chi connectivity index (χ1n) is 7.59. The van der Waals surface area contributed by atoms with Crippen molar-refractivity contribution in [2.24, 2.45) is 0 Å². The second kappa shape index (κ2) is 6.90. The van der Waals surface area contributed by atoms with Crippen molar-refractivity contribution in [3.8, 4) is 0 Å². The number of nitrogens with one attached hydrogen (secondary N) is 2. The van der Waals surface area contributed by atoms with Crippen molar-refractivity contribution in [3.63, 3.8) is 0 Å². The van der Waals surface area contributed by atoms with Crippen molar-refractivity contribution >= 4 is 11.3 Å². The zero-order valence-electron chi connectivity index (χ0n) is 12.9. The van der Waals surface area contributed by atoms with E-state index in [4.69, 9.17) is 0 Å². The third-order valence-corrected chi connectivity index (χ3v) is 4.73. The summed E-state index contributed by atoms with van der Waals surface area (Å²) in [6.07, 6.45) is 3.64. The largest absolute Gasteiger partial charge is 0.348 e. The molecule has 0 saturated heterocycles. The average molecular weight is 311 g/mol. The minimum Gasteiger partial charge on any atom is -0.348 e. The number of hydrogen-bond donors (Lipinski definition) is 2. The molecule has 0 saturated carbocycles. The number of aromatic amines is 1. The molecule has 1 unspecified atom stereocenters. The molecule has 1 atom stereocenters. The molecule has 3 aromatic rings. The number of nitrogens with zero attached hydrogens (tertiary/aromatic N) is 1. The molecule has 1 aromatic carbocycles. The highest BCUT2D eigenvalue weighted by molar-refractivity contribution is 7.10. The molecular formula is C18H21N3S. The molecule has 22 heavy (non-hydrogen) atoms. The van der Waals surface area contributed by atoms with Gasteiger partial charge in [-0.3, -0.25) is 5.32 Å². The number of imidazole rings is 1. The van der Waals surface area contributed by atoms with E-state index in [1.807, 2.05) is 6.20 Å². The molecule has 2 aromatic heterocycles. The van der Waals surface area contributed by atoms with Crippen molar-refractivity contribution < 1.29 is 0 Å². The van der Waals surface area contributed by atoms with E-state index in [9.17, 15) is 0 Å². The lowest BCUT2D eigenvalue weighted by Crippen LogP contribution is -2.21. The quantitative estimate of drug-likeness (QED) is 0.705. The highest BCUT2D eigenvalue weighted by atomic mass is 32.1. The number of aromatic nitrogens is 2. The van der Waals surface area contributed by atoms with Crippen LogP contribution in [0.5, 0.6) is 0 Å². The van der Waals surface area contributed by atoms with Gasteiger partial charge >= 0.3 is 0 Å². The van der Waals surface area contributed by atoms with Crippen LogP contribution in [0.1, 0.15) is 47.6 Å². The standard InChI is InChI=1S/C18H21N3S/c1-13(2)14-5-7-15(8-6-14)18(16-4-3-11-22-16)21-12-17-19-9-10-20-17/h3-11,13,18,21H,12H2,1-2H3,(H,19,20). The number of rotatable bonds is 6. The third-order valence-electron chi connectivity index (χ3n) is 3.79. The Morgan fingerprint density at radius 1 is 1.14 bits per heavy atom. The molecule has 0 aliphatic rings. The molecule has 0 aliphatic heterocycles. The van der Waals surface area contributed by atoms with Gasteiger partial charge in [0, 0.05) is 17.3 Å². The molecule has 0 aliphatic carbocycles. The average Bonchev–Trinajstić information content (AvgIpc) is 3.21. The van der Waals surface area contributed by atoms with Crippen LogP contribution in [0.4, 0.5) is 0 Å². The van der Waals surface area contributed by atoms with Crippen LogP contribution < -0.4 is 5.32 Å². The maximum absolute atomic E-state index is 4.29. The van der Waals surface area contributed by atoms with Crippen molar-refractivity contribution in [3.05, 3.63) is 76.0 Å². The van der Waals surface area contributed by atoms with Gasteiger partial charge in [-0.15, -0.1) is 11.3 Å². The number of thiophene rings is 1. The summed E-state index contributed by atoms with van der Waals surface area (Å²) in [5.41, 5.74) is 2.66. The van der Waals surface area contributed by atoms with Gasteiger partial charge in [0.1, 0.15) is 5.82 Å². The lowest BCUT2D eigenvalue weighted by Gasteiger charge is -2.18. The van der Waals surface area contributed by atoms with Gasteiger partial charge in [-0.2, -0.15) is 0 Å². The maximum Gasteiger partial charge on any atom is 0.120 e. The molecule has 2 N–H and O–H groups in total. The zero-order chi connectivity index (χ0) is 15.4. The Morgan fingerprint density at radius 2 is 1.91 bits per heavy atom. The fourth-order valence-corrected chi connectivity index (χ4v) is 3.33. The van der Waals surface area contributed by atoms with Crippen molar-refractivity contribution in [1.29, 1.82) is 0 Å². The second-order valence-corrected chi connectivity index (χ2v) is 6.67. The van der Waals surface area contributed by atoms with Gasteiger partial charge in [-0.1, -0.05) is 44.2 Å². The Kier molecular flexibility index (Phi) is 4.71. The molecule has 3 nitrogen and oxygen atoms in total. The summed E-state index contributed by atoms with van der Waals surface area (Å²) in [6, 6.07) is 13.4. The summed E-state index contributed by atoms with van der Waals surface area (Å²) < 4.78 is 0. The lowest BCUT2D eigenvalue weighted by molar-refractivity contribution is 0.597. The van der Waals surface area contributed by atoms with E-state index < -0.39 is 0 Å². The van der Waals surface area contributed by atoms with E-state index in [1.54, 1.807) is 17.5 Å². The van der Waals surface area contributed by atoms with Gasteiger partial charge in [-0.05, 0) is 28.5 Å². The summed E-state index contributed by atoms with van der Waals surface area (Å²) in [6.45, 7) is 5.17. The van der Waals surface area contributed by atoms with E-state index in [0.29, 0.717) is 5.92 Å². The van der Waals surface area contributed by atoms with Crippen LogP contribution in [-0.2, 0) is 6.54 Å². The molecule has 0 radical (unpaired) electrons. The van der Waals surface area contributed by atoms with Crippen LogP contribution in [0.15, 0.2) is 54.2 Å². The van der Waals surface area contributed by atoms with Gasteiger partial charge in [-0.25, -0.2) is 4.98 Å². The van der Waals surface area contributed by atoms with Gasteiger partial charge in [0.2, 0.25) is 0 Å². The lowest BCUT2D eigenvalue weighted by atomic mass is 9.98. The van der Waals surface area contributed by atoms with Gasteiger partial charge < -0.3 is 4.98 Å². The van der Waals surface area contributed by atoms with Gasteiger partial charge in [0.25, 0.3) is 0 Å². The molecule has 0 spiro atoms. The number of benzene rings is 1. The Bertz CT molecular complexity index is 670. The molecule has 0 amide bonds. The Labute approximate surface area is 135 Å². The van der Waals surface area contributed by atoms with Crippen LogP contribution in [-0.4, -0.2) is 9.97 Å². The molecule has 0 fully saturated rings. The number of H-pyrrole nitrogens is 1. The minimum absolute atomic E-state index is 0.200. The molecule has 4 heteroatoms. The molecule has 114 valence electrons. The molecule has 2 heterocycles. The van der Waals surface area contributed by atoms with E-state index in [1.165, 1.54) is 16.0 Å². The minimum atomic E-state index is 0.200. The highest BCUT2D eigenvalue weighted by Crippen LogP contribution is 2.27. The Morgan fingerprint density at radius 3 is 2.50 bits per heavy atom. The van der Waals surface area contributed by atoms with Crippen LogP contribution in [0.25, 0.3) is 0 Å². The Balaban J connectivity index is 1.81.